The van der Waals surface area contributed by atoms with Crippen LogP contribution in [0.1, 0.15) is 18.5 Å². The van der Waals surface area contributed by atoms with Crippen LogP contribution in [0.5, 0.6) is 0 Å². The second-order valence-corrected chi connectivity index (χ2v) is 5.71. The lowest BCUT2D eigenvalue weighted by Gasteiger charge is -2.11. The minimum absolute atomic E-state index is 0.308. The van der Waals surface area contributed by atoms with Gasteiger partial charge in [0.15, 0.2) is 5.13 Å². The molecule has 2 N–H and O–H groups in total. The summed E-state index contributed by atoms with van der Waals surface area (Å²) in [5.41, 5.74) is 8.89. The Hall–Kier alpha value is -2.14. The molecule has 102 valence electrons. The summed E-state index contributed by atoms with van der Waals surface area (Å²) in [7, 11) is 0. The van der Waals surface area contributed by atoms with Gasteiger partial charge in [0.25, 0.3) is 0 Å². The van der Waals surface area contributed by atoms with Crippen LogP contribution in [0.2, 0.25) is 0 Å². The molecule has 0 aliphatic rings. The number of aromatic nitrogens is 3. The van der Waals surface area contributed by atoms with E-state index in [0.717, 1.165) is 17.7 Å². The van der Waals surface area contributed by atoms with Crippen LogP contribution >= 0.6 is 11.3 Å². The summed E-state index contributed by atoms with van der Waals surface area (Å²) in [5.74, 6) is 0. The van der Waals surface area contributed by atoms with Crippen LogP contribution < -0.4 is 5.73 Å². The predicted molar refractivity (Wildman–Crippen MR) is 82.6 cm³/mol. The molecule has 0 radical (unpaired) electrons. The highest BCUT2D eigenvalue weighted by atomic mass is 32.1. The van der Waals surface area contributed by atoms with E-state index in [9.17, 15) is 0 Å². The molecule has 0 saturated heterocycles. The third-order valence-corrected chi connectivity index (χ3v) is 3.92. The SMILES string of the molecule is CC(Cc1ccccc1)n1cc(-c2csc(N)n2)cn1. The largest absolute Gasteiger partial charge is 0.375 e. The Morgan fingerprint density at radius 1 is 1.30 bits per heavy atom. The summed E-state index contributed by atoms with van der Waals surface area (Å²) >= 11 is 1.45. The molecule has 20 heavy (non-hydrogen) atoms. The van der Waals surface area contributed by atoms with E-state index in [0.29, 0.717) is 11.2 Å². The van der Waals surface area contributed by atoms with Crippen molar-refractivity contribution in [1.29, 1.82) is 0 Å². The van der Waals surface area contributed by atoms with Crippen molar-refractivity contribution in [2.45, 2.75) is 19.4 Å². The summed E-state index contributed by atoms with van der Waals surface area (Å²) in [5, 5.41) is 6.98. The Morgan fingerprint density at radius 2 is 2.10 bits per heavy atom. The van der Waals surface area contributed by atoms with Crippen LogP contribution in [0.25, 0.3) is 11.3 Å². The first-order valence-electron chi connectivity index (χ1n) is 6.52. The van der Waals surface area contributed by atoms with Gasteiger partial charge in [-0.05, 0) is 18.9 Å². The van der Waals surface area contributed by atoms with E-state index in [1.165, 1.54) is 16.9 Å². The molecular weight excluding hydrogens is 268 g/mol. The van der Waals surface area contributed by atoms with E-state index in [1.807, 2.05) is 28.5 Å². The van der Waals surface area contributed by atoms with Crippen LogP contribution in [0.4, 0.5) is 5.13 Å². The van der Waals surface area contributed by atoms with Crippen LogP contribution in [-0.2, 0) is 6.42 Å². The first-order chi connectivity index (χ1) is 9.72. The van der Waals surface area contributed by atoms with Gasteiger partial charge in [0.2, 0.25) is 0 Å². The van der Waals surface area contributed by atoms with Gasteiger partial charge in [0.05, 0.1) is 17.9 Å². The van der Waals surface area contributed by atoms with Gasteiger partial charge in [-0.2, -0.15) is 5.10 Å². The van der Waals surface area contributed by atoms with Gasteiger partial charge < -0.3 is 5.73 Å². The van der Waals surface area contributed by atoms with Crippen molar-refractivity contribution in [3.8, 4) is 11.3 Å². The van der Waals surface area contributed by atoms with Crippen molar-refractivity contribution >= 4 is 16.5 Å². The molecule has 0 saturated carbocycles. The highest BCUT2D eigenvalue weighted by Crippen LogP contribution is 2.24. The average Bonchev–Trinajstić information content (AvgIpc) is 3.08. The Labute approximate surface area is 121 Å². The summed E-state index contributed by atoms with van der Waals surface area (Å²) in [6, 6.07) is 10.8. The van der Waals surface area contributed by atoms with Crippen molar-refractivity contribution in [3.05, 3.63) is 53.7 Å². The van der Waals surface area contributed by atoms with Gasteiger partial charge in [0.1, 0.15) is 0 Å². The monoisotopic (exact) mass is 284 g/mol. The van der Waals surface area contributed by atoms with E-state index in [2.05, 4.69) is 41.3 Å². The number of nitrogen functional groups attached to an aromatic ring is 1. The molecular formula is C15H16N4S. The fraction of sp³-hybridized carbons (Fsp3) is 0.200. The maximum absolute atomic E-state index is 5.66. The lowest BCUT2D eigenvalue weighted by atomic mass is 10.1. The minimum Gasteiger partial charge on any atom is -0.375 e. The van der Waals surface area contributed by atoms with Gasteiger partial charge in [-0.1, -0.05) is 30.3 Å². The summed E-state index contributed by atoms with van der Waals surface area (Å²) in [4.78, 5) is 4.28. The topological polar surface area (TPSA) is 56.7 Å². The first kappa shape index (κ1) is 12.9. The van der Waals surface area contributed by atoms with Crippen molar-refractivity contribution in [3.63, 3.8) is 0 Å². The van der Waals surface area contributed by atoms with Crippen molar-refractivity contribution in [2.75, 3.05) is 5.73 Å². The second kappa shape index (κ2) is 5.46. The molecule has 3 aromatic rings. The van der Waals surface area contributed by atoms with Crippen molar-refractivity contribution < 1.29 is 0 Å². The Bertz CT molecular complexity index is 687. The average molecular weight is 284 g/mol. The smallest absolute Gasteiger partial charge is 0.180 e. The lowest BCUT2D eigenvalue weighted by Crippen LogP contribution is -2.08. The molecule has 4 nitrogen and oxygen atoms in total. The van der Waals surface area contributed by atoms with Crippen LogP contribution in [-0.4, -0.2) is 14.8 Å². The number of thiazole rings is 1. The molecule has 0 spiro atoms. The third-order valence-electron chi connectivity index (χ3n) is 3.24. The fourth-order valence-electron chi connectivity index (χ4n) is 2.18. The molecule has 1 atom stereocenters. The molecule has 1 aromatic carbocycles. The van der Waals surface area contributed by atoms with Crippen LogP contribution in [0.3, 0.4) is 0 Å². The van der Waals surface area contributed by atoms with Crippen molar-refractivity contribution in [1.82, 2.24) is 14.8 Å². The van der Waals surface area contributed by atoms with E-state index >= 15 is 0 Å². The third kappa shape index (κ3) is 2.72. The summed E-state index contributed by atoms with van der Waals surface area (Å²) in [6.45, 7) is 2.17. The Kier molecular flexibility index (Phi) is 3.52. The summed E-state index contributed by atoms with van der Waals surface area (Å²) < 4.78 is 1.98. The van der Waals surface area contributed by atoms with Gasteiger partial charge in [-0.25, -0.2) is 4.98 Å². The molecule has 2 aromatic heterocycles. The zero-order valence-corrected chi connectivity index (χ0v) is 12.0. The number of rotatable bonds is 4. The predicted octanol–water partition coefficient (Wildman–Crippen LogP) is 3.39. The standard InChI is InChI=1S/C15H16N4S/c1-11(7-12-5-3-2-4-6-12)19-9-13(8-17-19)14-10-20-15(16)18-14/h2-6,8-11H,7H2,1H3,(H2,16,18). The van der Waals surface area contributed by atoms with Gasteiger partial charge >= 0.3 is 0 Å². The molecule has 0 aliphatic carbocycles. The number of hydrogen-bond donors (Lipinski definition) is 1. The van der Waals surface area contributed by atoms with E-state index < -0.39 is 0 Å². The molecule has 0 fully saturated rings. The van der Waals surface area contributed by atoms with E-state index in [1.54, 1.807) is 0 Å². The van der Waals surface area contributed by atoms with Crippen molar-refractivity contribution in [2.24, 2.45) is 0 Å². The zero-order chi connectivity index (χ0) is 13.9. The molecule has 2 heterocycles. The normalized spacial score (nSPS) is 12.4. The first-order valence-corrected chi connectivity index (χ1v) is 7.40. The minimum atomic E-state index is 0.308. The molecule has 0 amide bonds. The van der Waals surface area contributed by atoms with E-state index in [4.69, 9.17) is 5.73 Å². The van der Waals surface area contributed by atoms with Crippen LogP contribution in [0.15, 0.2) is 48.1 Å². The molecule has 3 rings (SSSR count). The highest BCUT2D eigenvalue weighted by molar-refractivity contribution is 7.13. The molecule has 1 unspecified atom stereocenters. The fourth-order valence-corrected chi connectivity index (χ4v) is 2.75. The number of hydrogen-bond acceptors (Lipinski definition) is 4. The zero-order valence-electron chi connectivity index (χ0n) is 11.2. The van der Waals surface area contributed by atoms with Gasteiger partial charge in [0, 0.05) is 17.1 Å². The molecule has 0 aliphatic heterocycles. The molecule has 5 heteroatoms. The number of nitrogens with two attached hydrogens (primary N) is 1. The number of anilines is 1. The Balaban J connectivity index is 1.76. The second-order valence-electron chi connectivity index (χ2n) is 4.82. The summed E-state index contributed by atoms with van der Waals surface area (Å²) in [6.07, 6.45) is 4.83. The maximum atomic E-state index is 5.66. The lowest BCUT2D eigenvalue weighted by molar-refractivity contribution is 0.489. The quantitative estimate of drug-likeness (QED) is 0.799. The highest BCUT2D eigenvalue weighted by Gasteiger charge is 2.10. The van der Waals surface area contributed by atoms with Crippen LogP contribution in [0, 0.1) is 0 Å². The van der Waals surface area contributed by atoms with E-state index in [-0.39, 0.29) is 0 Å². The number of nitrogens with zero attached hydrogens (tertiary/aromatic N) is 3. The van der Waals surface area contributed by atoms with Gasteiger partial charge in [-0.3, -0.25) is 4.68 Å². The Morgan fingerprint density at radius 3 is 2.80 bits per heavy atom. The van der Waals surface area contributed by atoms with Gasteiger partial charge in [-0.15, -0.1) is 11.3 Å². The number of benzene rings is 1. The molecule has 0 bridgehead atoms. The maximum Gasteiger partial charge on any atom is 0.180 e.